The smallest absolute Gasteiger partial charge is 0.243 e. The van der Waals surface area contributed by atoms with Crippen LogP contribution in [0.2, 0.25) is 0 Å². The molecule has 8 amide bonds. The van der Waals surface area contributed by atoms with Gasteiger partial charge in [0.05, 0.1) is 0 Å². The molecule has 1 aliphatic rings. The summed E-state index contributed by atoms with van der Waals surface area (Å²) in [5.41, 5.74) is 29.9. The van der Waals surface area contributed by atoms with Gasteiger partial charge in [-0.05, 0) is 55.2 Å². The molecular formula is C46H67N15O8S2. The molecule has 2 heterocycles. The second-order valence-electron chi connectivity index (χ2n) is 17.2. The van der Waals surface area contributed by atoms with E-state index in [2.05, 4.69) is 52.2 Å². The molecule has 1 saturated heterocycles. The quantitative estimate of drug-likeness (QED) is 0.0314. The fraction of sp³-hybridized carbons (Fsp3) is 0.478. The Bertz CT molecular complexity index is 2380. The largest absolute Gasteiger partial charge is 0.370 e. The summed E-state index contributed by atoms with van der Waals surface area (Å²) >= 11 is 0. The molecule has 1 unspecified atom stereocenters. The third-order valence-corrected chi connectivity index (χ3v) is 13.7. The van der Waals surface area contributed by atoms with E-state index in [1.54, 1.807) is 50.4 Å². The highest BCUT2D eigenvalue weighted by molar-refractivity contribution is 8.76. The molecule has 3 aromatic rings. The zero-order valence-corrected chi connectivity index (χ0v) is 41.7. The highest BCUT2D eigenvalue weighted by atomic mass is 33.1. The van der Waals surface area contributed by atoms with Crippen molar-refractivity contribution in [1.29, 1.82) is 0 Å². The summed E-state index contributed by atoms with van der Waals surface area (Å²) in [4.78, 5) is 122. The van der Waals surface area contributed by atoms with Crippen LogP contribution >= 0.6 is 21.6 Å². The predicted octanol–water partition coefficient (Wildman–Crippen LogP) is -1.60. The number of hydrogen-bond acceptors (Lipinski definition) is 12. The Morgan fingerprint density at radius 2 is 1.32 bits per heavy atom. The van der Waals surface area contributed by atoms with Gasteiger partial charge >= 0.3 is 0 Å². The summed E-state index contributed by atoms with van der Waals surface area (Å²) in [6.07, 6.45) is 2.23. The van der Waals surface area contributed by atoms with Crippen molar-refractivity contribution in [3.05, 3.63) is 71.9 Å². The maximum absolute atomic E-state index is 14.5. The highest BCUT2D eigenvalue weighted by Gasteiger charge is 2.35. The van der Waals surface area contributed by atoms with Gasteiger partial charge in [-0.3, -0.25) is 48.3 Å². The molecule has 386 valence electrons. The zero-order valence-electron chi connectivity index (χ0n) is 40.0. The highest BCUT2D eigenvalue weighted by Crippen LogP contribution is 2.24. The number of para-hydroxylation sites is 1. The first-order valence-electron chi connectivity index (χ1n) is 23.2. The van der Waals surface area contributed by atoms with Crippen LogP contribution in [-0.2, 0) is 51.2 Å². The van der Waals surface area contributed by atoms with Crippen molar-refractivity contribution in [2.24, 2.45) is 44.6 Å². The van der Waals surface area contributed by atoms with Crippen molar-refractivity contribution in [2.45, 2.75) is 108 Å². The van der Waals surface area contributed by atoms with Crippen LogP contribution in [0, 0.1) is 5.92 Å². The molecule has 1 aliphatic heterocycles. The first-order chi connectivity index (χ1) is 33.8. The standard InChI is InChI=1S/C46H67N15O8S2/c1-25(2)37-44(69)59-34(21-27-11-5-4-6-12-27)42(67)56-32(16-10-19-53-46(50)51)40(65)58-35(22-28-23-54-30-14-8-7-13-29(28)30)43(68)60-36(38(47)63)24-71-70-20-17-33(41(66)61-37)57-39(64)31(55-26(3)62)15-9-18-52-45(48)49/h4-8,11-14,23,25,31-37,54H,9-10,15-22,24H2,1-3H3,(H2,47,63)(H,55,62)(H,56,67)(H,57,64)(H,58,65)(H,59,69)(H,60,68)(H,61,66)(H4,48,49,52)(H4,50,51,53)/t31-,32-,33?,34+,35-,36-,37-/m0/s1. The molecule has 0 radical (unpaired) electrons. The van der Waals surface area contributed by atoms with E-state index in [1.165, 1.54) is 17.7 Å². The minimum absolute atomic E-state index is 0.00159. The SMILES string of the molecule is CC(=O)N[C@@H](CCCN=C(N)N)C(=O)NC1CCSSC[C@@H](C(N)=O)NC(=O)[C@H](Cc2c[nH]c3ccccc23)NC(=O)[C@H](CCCN=C(N)N)NC(=O)[C@@H](Cc2ccccc2)NC(=O)[C@H](C(C)C)NC1=O. The Morgan fingerprint density at radius 3 is 1.99 bits per heavy atom. The van der Waals surface area contributed by atoms with Gasteiger partial charge in [-0.25, -0.2) is 0 Å². The van der Waals surface area contributed by atoms with E-state index in [-0.39, 0.29) is 75.0 Å². The molecule has 0 saturated carbocycles. The van der Waals surface area contributed by atoms with Crippen LogP contribution in [-0.4, -0.2) is 131 Å². The zero-order chi connectivity index (χ0) is 52.0. The lowest BCUT2D eigenvalue weighted by Gasteiger charge is -2.29. The van der Waals surface area contributed by atoms with Gasteiger partial charge in [-0.1, -0.05) is 84.0 Å². The monoisotopic (exact) mass is 1020 g/mol. The third-order valence-electron chi connectivity index (χ3n) is 11.2. The van der Waals surface area contributed by atoms with Crippen LogP contribution in [0.1, 0.15) is 64.0 Å². The predicted molar refractivity (Wildman–Crippen MR) is 275 cm³/mol. The number of primary amides is 1. The summed E-state index contributed by atoms with van der Waals surface area (Å²) in [6, 6.07) is 7.44. The van der Waals surface area contributed by atoms with Crippen molar-refractivity contribution >= 4 is 91.7 Å². The molecule has 71 heavy (non-hydrogen) atoms. The molecule has 0 aliphatic carbocycles. The summed E-state index contributed by atoms with van der Waals surface area (Å²) in [6.45, 7) is 4.88. The summed E-state index contributed by atoms with van der Waals surface area (Å²) < 4.78 is 0. The number of nitrogens with two attached hydrogens (primary N) is 5. The molecule has 2 aromatic carbocycles. The van der Waals surface area contributed by atoms with E-state index in [0.717, 1.165) is 21.7 Å². The number of amides is 8. The molecule has 18 N–H and O–H groups in total. The average molecular weight is 1020 g/mol. The van der Waals surface area contributed by atoms with Crippen LogP contribution in [0.4, 0.5) is 0 Å². The maximum atomic E-state index is 14.5. The molecule has 0 spiro atoms. The number of nitrogens with zero attached hydrogens (tertiary/aromatic N) is 2. The lowest BCUT2D eigenvalue weighted by atomic mass is 9.99. The molecule has 4 rings (SSSR count). The Kier molecular flexibility index (Phi) is 22.8. The van der Waals surface area contributed by atoms with Gasteiger partial charge in [0, 0.05) is 61.5 Å². The van der Waals surface area contributed by atoms with Crippen molar-refractivity contribution in [3.8, 4) is 0 Å². The Balaban J connectivity index is 1.76. The van der Waals surface area contributed by atoms with Gasteiger partial charge in [0.25, 0.3) is 0 Å². The topological polar surface area (TPSA) is 391 Å². The number of fused-ring (bicyclic) bond motifs is 1. The summed E-state index contributed by atoms with van der Waals surface area (Å²) in [7, 11) is 2.38. The van der Waals surface area contributed by atoms with E-state index in [9.17, 15) is 38.4 Å². The van der Waals surface area contributed by atoms with E-state index in [1.807, 2.05) is 24.3 Å². The first-order valence-corrected chi connectivity index (χ1v) is 25.6. The minimum atomic E-state index is -1.31. The molecule has 1 fully saturated rings. The average Bonchev–Trinajstić information content (AvgIpc) is 3.72. The number of H-pyrrole nitrogens is 1. The van der Waals surface area contributed by atoms with Crippen molar-refractivity contribution < 1.29 is 38.4 Å². The molecule has 25 heteroatoms. The van der Waals surface area contributed by atoms with Gasteiger partial charge in [0.15, 0.2) is 11.9 Å². The number of aromatic amines is 1. The van der Waals surface area contributed by atoms with Crippen LogP contribution in [0.3, 0.4) is 0 Å². The van der Waals surface area contributed by atoms with E-state index in [4.69, 9.17) is 28.7 Å². The number of guanidine groups is 2. The van der Waals surface area contributed by atoms with Crippen LogP contribution in [0.5, 0.6) is 0 Å². The van der Waals surface area contributed by atoms with Crippen molar-refractivity contribution in [3.63, 3.8) is 0 Å². The van der Waals surface area contributed by atoms with E-state index >= 15 is 0 Å². The van der Waals surface area contributed by atoms with Gasteiger partial charge in [-0.15, -0.1) is 0 Å². The molecule has 7 atom stereocenters. The summed E-state index contributed by atoms with van der Waals surface area (Å²) in [5, 5.41) is 19.9. The number of aromatic nitrogens is 1. The van der Waals surface area contributed by atoms with E-state index < -0.39 is 95.5 Å². The van der Waals surface area contributed by atoms with Gasteiger partial charge in [0.2, 0.25) is 47.3 Å². The number of carbonyl (C=O) groups is 8. The molecule has 1 aromatic heterocycles. The number of benzene rings is 2. The number of rotatable bonds is 17. The molecule has 0 bridgehead atoms. The molecule has 23 nitrogen and oxygen atoms in total. The Labute approximate surface area is 419 Å². The van der Waals surface area contributed by atoms with Crippen molar-refractivity contribution in [1.82, 2.24) is 42.2 Å². The lowest BCUT2D eigenvalue weighted by Crippen LogP contribution is -2.61. The normalized spacial score (nSPS) is 21.4. The number of carbonyl (C=O) groups excluding carboxylic acids is 8. The number of aliphatic imine (C=N–C) groups is 2. The summed E-state index contributed by atoms with van der Waals surface area (Å²) in [5.74, 6) is -6.50. The Morgan fingerprint density at radius 1 is 0.718 bits per heavy atom. The fourth-order valence-corrected chi connectivity index (χ4v) is 9.79. The minimum Gasteiger partial charge on any atom is -0.370 e. The van der Waals surface area contributed by atoms with Crippen LogP contribution in [0.15, 0.2) is 70.8 Å². The lowest BCUT2D eigenvalue weighted by molar-refractivity contribution is -0.136. The second kappa shape index (κ2) is 28.6. The van der Waals surface area contributed by atoms with Gasteiger partial charge in [0.1, 0.15) is 42.3 Å². The Hall–Kier alpha value is -7.02. The second-order valence-corrected chi connectivity index (χ2v) is 19.9. The van der Waals surface area contributed by atoms with Gasteiger partial charge < -0.3 is 70.9 Å². The maximum Gasteiger partial charge on any atom is 0.243 e. The number of hydrogen-bond donors (Lipinski definition) is 13. The van der Waals surface area contributed by atoms with Gasteiger partial charge in [-0.2, -0.15) is 0 Å². The van der Waals surface area contributed by atoms with E-state index in [0.29, 0.717) is 17.5 Å². The third kappa shape index (κ3) is 19.0. The molecular weight excluding hydrogens is 955 g/mol. The first kappa shape index (κ1) is 56.6. The number of nitrogens with one attached hydrogen (secondary N) is 8. The van der Waals surface area contributed by atoms with Crippen LogP contribution < -0.4 is 65.9 Å². The van der Waals surface area contributed by atoms with Crippen molar-refractivity contribution in [2.75, 3.05) is 24.6 Å². The fourth-order valence-electron chi connectivity index (χ4n) is 7.52. The van der Waals surface area contributed by atoms with Crippen LogP contribution in [0.25, 0.3) is 10.9 Å².